The fraction of sp³-hybridized carbons (Fsp3) is 0.435. The number of methoxy groups -OCH3 is 1. The third-order valence-corrected chi connectivity index (χ3v) is 8.06. The first-order chi connectivity index (χ1) is 14.7. The fourth-order valence-electron chi connectivity index (χ4n) is 4.14. The molecule has 31 heavy (non-hydrogen) atoms. The van der Waals surface area contributed by atoms with Crippen LogP contribution in [0.3, 0.4) is 0 Å². The lowest BCUT2D eigenvalue weighted by molar-refractivity contribution is -0.115. The second-order valence-corrected chi connectivity index (χ2v) is 11.0. The van der Waals surface area contributed by atoms with Crippen molar-refractivity contribution in [3.05, 3.63) is 45.1 Å². The molecule has 2 N–H and O–H groups in total. The highest BCUT2D eigenvalue weighted by Crippen LogP contribution is 2.42. The number of aromatic nitrogens is 2. The number of carbonyl (C=O) groups is 1. The molecule has 1 amide bonds. The number of hydrogen-bond donors (Lipinski definition) is 1. The third-order valence-electron chi connectivity index (χ3n) is 5.95. The Bertz CT molecular complexity index is 1190. The van der Waals surface area contributed by atoms with Crippen LogP contribution in [-0.4, -0.2) is 28.3 Å². The van der Waals surface area contributed by atoms with Gasteiger partial charge in [-0.15, -0.1) is 11.3 Å². The number of benzene rings is 1. The van der Waals surface area contributed by atoms with E-state index in [2.05, 4.69) is 20.8 Å². The standard InChI is InChI=1S/C23H27N3O3S2/c1-23(2,3)13-5-10-16-17(11-13)31-20-19(16)21(28)26(22(25-20)30-12-18(24)27)14-6-8-15(29-4)9-7-14/h6-9,13H,5,10-12H2,1-4H3,(H2,24,27). The number of fused-ring (bicyclic) bond motifs is 3. The number of thiophene rings is 1. The highest BCUT2D eigenvalue weighted by Gasteiger charge is 2.32. The number of carbonyl (C=O) groups excluding carboxylic acids is 1. The maximum Gasteiger partial charge on any atom is 0.267 e. The molecule has 8 heteroatoms. The van der Waals surface area contributed by atoms with Gasteiger partial charge in [-0.2, -0.15) is 0 Å². The highest BCUT2D eigenvalue weighted by molar-refractivity contribution is 7.99. The minimum atomic E-state index is -0.445. The molecule has 0 spiro atoms. The summed E-state index contributed by atoms with van der Waals surface area (Å²) < 4.78 is 6.84. The Morgan fingerprint density at radius 3 is 2.65 bits per heavy atom. The quantitative estimate of drug-likeness (QED) is 0.459. The minimum Gasteiger partial charge on any atom is -0.497 e. The van der Waals surface area contributed by atoms with E-state index in [1.54, 1.807) is 23.0 Å². The van der Waals surface area contributed by atoms with Crippen molar-refractivity contribution in [3.8, 4) is 11.4 Å². The lowest BCUT2D eigenvalue weighted by Gasteiger charge is -2.33. The Morgan fingerprint density at radius 2 is 2.03 bits per heavy atom. The second kappa shape index (κ2) is 8.31. The van der Waals surface area contributed by atoms with Crippen LogP contribution in [0.5, 0.6) is 5.75 Å². The van der Waals surface area contributed by atoms with Crippen molar-refractivity contribution >= 4 is 39.2 Å². The zero-order chi connectivity index (χ0) is 22.3. The number of hydrogen-bond acceptors (Lipinski definition) is 6. The maximum atomic E-state index is 13.7. The SMILES string of the molecule is COc1ccc(-n2c(SCC(N)=O)nc3sc4c(c3c2=O)CCC(C(C)(C)C)C4)cc1. The number of thioether (sulfide) groups is 1. The number of amides is 1. The summed E-state index contributed by atoms with van der Waals surface area (Å²) in [5.74, 6) is 0.906. The van der Waals surface area contributed by atoms with E-state index in [1.165, 1.54) is 16.6 Å². The van der Waals surface area contributed by atoms with Crippen LogP contribution in [0.2, 0.25) is 0 Å². The van der Waals surface area contributed by atoms with Gasteiger partial charge < -0.3 is 10.5 Å². The summed E-state index contributed by atoms with van der Waals surface area (Å²) in [6.07, 6.45) is 2.94. The Kier molecular flexibility index (Phi) is 5.87. The predicted molar refractivity (Wildman–Crippen MR) is 127 cm³/mol. The van der Waals surface area contributed by atoms with Gasteiger partial charge in [-0.1, -0.05) is 32.5 Å². The first-order valence-electron chi connectivity index (χ1n) is 10.3. The van der Waals surface area contributed by atoms with Gasteiger partial charge in [0.2, 0.25) is 5.91 Å². The molecule has 0 radical (unpaired) electrons. The van der Waals surface area contributed by atoms with E-state index in [-0.39, 0.29) is 16.7 Å². The summed E-state index contributed by atoms with van der Waals surface area (Å²) in [6, 6.07) is 7.28. The van der Waals surface area contributed by atoms with Gasteiger partial charge in [-0.3, -0.25) is 14.2 Å². The monoisotopic (exact) mass is 457 g/mol. The van der Waals surface area contributed by atoms with E-state index in [0.717, 1.165) is 29.7 Å². The van der Waals surface area contributed by atoms with Crippen LogP contribution in [0, 0.1) is 11.3 Å². The molecule has 0 aliphatic heterocycles. The van der Waals surface area contributed by atoms with Gasteiger partial charge in [0.1, 0.15) is 10.6 Å². The molecule has 0 bridgehead atoms. The van der Waals surface area contributed by atoms with Crippen LogP contribution >= 0.6 is 23.1 Å². The van der Waals surface area contributed by atoms with Crippen molar-refractivity contribution in [1.82, 2.24) is 9.55 Å². The van der Waals surface area contributed by atoms with Crippen molar-refractivity contribution < 1.29 is 9.53 Å². The maximum absolute atomic E-state index is 13.7. The molecule has 1 unspecified atom stereocenters. The molecule has 1 aromatic carbocycles. The number of ether oxygens (including phenoxy) is 1. The summed E-state index contributed by atoms with van der Waals surface area (Å²) in [6.45, 7) is 6.84. The molecule has 2 heterocycles. The van der Waals surface area contributed by atoms with E-state index in [1.807, 2.05) is 24.3 Å². The van der Waals surface area contributed by atoms with Crippen LogP contribution in [-0.2, 0) is 17.6 Å². The molecular formula is C23H27N3O3S2. The van der Waals surface area contributed by atoms with Gasteiger partial charge in [-0.25, -0.2) is 4.98 Å². The normalized spacial score (nSPS) is 16.3. The van der Waals surface area contributed by atoms with Crippen LogP contribution in [0.25, 0.3) is 15.9 Å². The zero-order valence-electron chi connectivity index (χ0n) is 18.2. The Morgan fingerprint density at radius 1 is 1.32 bits per heavy atom. The Hall–Kier alpha value is -2.32. The average Bonchev–Trinajstić information content (AvgIpc) is 3.09. The average molecular weight is 458 g/mol. The van der Waals surface area contributed by atoms with Crippen LogP contribution in [0.15, 0.2) is 34.2 Å². The Labute approximate surface area is 189 Å². The molecule has 1 atom stereocenters. The highest BCUT2D eigenvalue weighted by atomic mass is 32.2. The van der Waals surface area contributed by atoms with Gasteiger partial charge in [0.25, 0.3) is 5.56 Å². The van der Waals surface area contributed by atoms with Crippen molar-refractivity contribution in [3.63, 3.8) is 0 Å². The molecular weight excluding hydrogens is 430 g/mol. The summed E-state index contributed by atoms with van der Waals surface area (Å²) >= 11 is 2.81. The topological polar surface area (TPSA) is 87.2 Å². The Balaban J connectivity index is 1.88. The number of primary amides is 1. The molecule has 4 rings (SSSR count). The first-order valence-corrected chi connectivity index (χ1v) is 12.1. The van der Waals surface area contributed by atoms with E-state index in [0.29, 0.717) is 27.9 Å². The minimum absolute atomic E-state index is 0.0608. The molecule has 3 aromatic rings. The first kappa shape index (κ1) is 21.9. The van der Waals surface area contributed by atoms with Gasteiger partial charge in [0, 0.05) is 4.88 Å². The van der Waals surface area contributed by atoms with E-state index in [9.17, 15) is 9.59 Å². The molecule has 0 saturated heterocycles. The van der Waals surface area contributed by atoms with Crippen molar-refractivity contribution in [1.29, 1.82) is 0 Å². The lowest BCUT2D eigenvalue weighted by atomic mass is 9.72. The second-order valence-electron chi connectivity index (χ2n) is 8.98. The molecule has 0 saturated carbocycles. The van der Waals surface area contributed by atoms with E-state index in [4.69, 9.17) is 15.5 Å². The molecule has 164 valence electrons. The number of aryl methyl sites for hydroxylation is 1. The van der Waals surface area contributed by atoms with E-state index < -0.39 is 5.91 Å². The summed E-state index contributed by atoms with van der Waals surface area (Å²) in [4.78, 5) is 32.0. The van der Waals surface area contributed by atoms with Gasteiger partial charge in [0.15, 0.2) is 5.16 Å². The van der Waals surface area contributed by atoms with Crippen molar-refractivity contribution in [2.24, 2.45) is 17.1 Å². The van der Waals surface area contributed by atoms with Crippen molar-refractivity contribution in [2.45, 2.75) is 45.2 Å². The van der Waals surface area contributed by atoms with Gasteiger partial charge >= 0.3 is 0 Å². The summed E-state index contributed by atoms with van der Waals surface area (Å²) in [7, 11) is 1.60. The molecule has 6 nitrogen and oxygen atoms in total. The number of nitrogens with zero attached hydrogens (tertiary/aromatic N) is 2. The smallest absolute Gasteiger partial charge is 0.267 e. The number of nitrogens with two attached hydrogens (primary N) is 1. The lowest BCUT2D eigenvalue weighted by Crippen LogP contribution is -2.27. The summed E-state index contributed by atoms with van der Waals surface area (Å²) in [5, 5.41) is 1.19. The van der Waals surface area contributed by atoms with Gasteiger partial charge in [0.05, 0.1) is 23.9 Å². The van der Waals surface area contributed by atoms with Crippen molar-refractivity contribution in [2.75, 3.05) is 12.9 Å². The fourth-order valence-corrected chi connectivity index (χ4v) is 6.23. The van der Waals surface area contributed by atoms with Crippen LogP contribution in [0.4, 0.5) is 0 Å². The molecule has 1 aliphatic carbocycles. The molecule has 0 fully saturated rings. The van der Waals surface area contributed by atoms with E-state index >= 15 is 0 Å². The van der Waals surface area contributed by atoms with Crippen LogP contribution < -0.4 is 16.0 Å². The summed E-state index contributed by atoms with van der Waals surface area (Å²) in [5.41, 5.74) is 7.34. The van der Waals surface area contributed by atoms with Gasteiger partial charge in [-0.05, 0) is 60.4 Å². The number of rotatable bonds is 5. The predicted octanol–water partition coefficient (Wildman–Crippen LogP) is 4.18. The largest absolute Gasteiger partial charge is 0.497 e. The molecule has 2 aromatic heterocycles. The zero-order valence-corrected chi connectivity index (χ0v) is 19.9. The van der Waals surface area contributed by atoms with Crippen LogP contribution in [0.1, 0.15) is 37.6 Å². The molecule has 1 aliphatic rings. The third kappa shape index (κ3) is 4.23.